The Bertz CT molecular complexity index is 579. The Morgan fingerprint density at radius 1 is 0.895 bits per heavy atom. The molecule has 0 heterocycles. The molecule has 2 nitrogen and oxygen atoms in total. The molecule has 2 rings (SSSR count). The molecule has 0 aliphatic rings. The van der Waals surface area contributed by atoms with E-state index in [2.05, 4.69) is 32.9 Å². The van der Waals surface area contributed by atoms with Crippen LogP contribution >= 0.6 is 0 Å². The first-order valence-electron chi connectivity index (χ1n) is 6.53. The number of nitrogens with two attached hydrogens (primary N) is 1. The van der Waals surface area contributed by atoms with Gasteiger partial charge >= 0.3 is 0 Å². The maximum atomic E-state index is 5.93. The summed E-state index contributed by atoms with van der Waals surface area (Å²) in [5.74, 6) is 0.763. The van der Waals surface area contributed by atoms with Crippen LogP contribution in [0.4, 0.5) is 5.69 Å². The van der Waals surface area contributed by atoms with E-state index in [-0.39, 0.29) is 0 Å². The monoisotopic (exact) mass is 255 g/mol. The van der Waals surface area contributed by atoms with E-state index >= 15 is 0 Å². The third-order valence-electron chi connectivity index (χ3n) is 3.38. The lowest BCUT2D eigenvalue weighted by Gasteiger charge is -2.14. The van der Waals surface area contributed by atoms with Gasteiger partial charge in [-0.3, -0.25) is 0 Å². The molecule has 0 atom stereocenters. The first-order valence-corrected chi connectivity index (χ1v) is 6.53. The molecule has 0 amide bonds. The fourth-order valence-electron chi connectivity index (χ4n) is 2.35. The van der Waals surface area contributed by atoms with E-state index in [1.54, 1.807) is 0 Å². The van der Waals surface area contributed by atoms with Gasteiger partial charge < -0.3 is 10.5 Å². The average Bonchev–Trinajstić information content (AvgIpc) is 2.32. The summed E-state index contributed by atoms with van der Waals surface area (Å²) in [6.45, 7) is 8.96. The van der Waals surface area contributed by atoms with Crippen LogP contribution in [0.15, 0.2) is 30.3 Å². The normalized spacial score (nSPS) is 10.5. The van der Waals surface area contributed by atoms with Crippen LogP contribution in [-0.2, 0) is 6.61 Å². The topological polar surface area (TPSA) is 35.2 Å². The Balaban J connectivity index is 2.21. The Morgan fingerprint density at radius 2 is 1.53 bits per heavy atom. The zero-order valence-corrected chi connectivity index (χ0v) is 12.1. The number of benzene rings is 2. The molecule has 0 aromatic heterocycles. The van der Waals surface area contributed by atoms with Crippen LogP contribution in [0.25, 0.3) is 0 Å². The van der Waals surface area contributed by atoms with Gasteiger partial charge in [-0.1, -0.05) is 23.8 Å². The average molecular weight is 255 g/mol. The van der Waals surface area contributed by atoms with Gasteiger partial charge in [-0.05, 0) is 62.1 Å². The number of rotatable bonds is 3. The standard InChI is InChI=1S/C17H21NO/c1-11-5-6-16(18)17(9-11)19-10-15-13(3)7-12(2)8-14(15)4/h5-9H,10,18H2,1-4H3. The SMILES string of the molecule is Cc1cc(C)c(COc2cc(C)ccc2N)c(C)c1. The van der Waals surface area contributed by atoms with Crippen LogP contribution in [0.2, 0.25) is 0 Å². The van der Waals surface area contributed by atoms with Gasteiger partial charge in [0.25, 0.3) is 0 Å². The van der Waals surface area contributed by atoms with Crippen molar-refractivity contribution in [2.75, 3.05) is 5.73 Å². The third-order valence-corrected chi connectivity index (χ3v) is 3.38. The first kappa shape index (κ1) is 13.5. The fourth-order valence-corrected chi connectivity index (χ4v) is 2.35. The second-order valence-electron chi connectivity index (χ2n) is 5.21. The Morgan fingerprint density at radius 3 is 2.16 bits per heavy atom. The Labute approximate surface area is 115 Å². The highest BCUT2D eigenvalue weighted by Crippen LogP contribution is 2.25. The van der Waals surface area contributed by atoms with Crippen molar-refractivity contribution < 1.29 is 4.74 Å². The zero-order valence-electron chi connectivity index (χ0n) is 12.1. The molecule has 0 fully saturated rings. The van der Waals surface area contributed by atoms with Crippen molar-refractivity contribution in [1.82, 2.24) is 0 Å². The molecule has 100 valence electrons. The van der Waals surface area contributed by atoms with Gasteiger partial charge in [0.1, 0.15) is 12.4 Å². The molecule has 0 aliphatic carbocycles. The summed E-state index contributed by atoms with van der Waals surface area (Å²) in [7, 11) is 0. The number of hydrogen-bond acceptors (Lipinski definition) is 2. The largest absolute Gasteiger partial charge is 0.487 e. The molecule has 2 aromatic carbocycles. The van der Waals surface area contributed by atoms with E-state index < -0.39 is 0 Å². The van der Waals surface area contributed by atoms with Crippen LogP contribution in [0.3, 0.4) is 0 Å². The second-order valence-corrected chi connectivity index (χ2v) is 5.21. The molecule has 0 saturated heterocycles. The van der Waals surface area contributed by atoms with Gasteiger partial charge in [-0.25, -0.2) is 0 Å². The lowest BCUT2D eigenvalue weighted by atomic mass is 10.0. The maximum absolute atomic E-state index is 5.93. The van der Waals surface area contributed by atoms with E-state index in [9.17, 15) is 0 Å². The van der Waals surface area contributed by atoms with Crippen LogP contribution in [0, 0.1) is 27.7 Å². The number of nitrogen functional groups attached to an aromatic ring is 1. The molecule has 0 unspecified atom stereocenters. The van der Waals surface area contributed by atoms with Gasteiger partial charge in [-0.15, -0.1) is 0 Å². The maximum Gasteiger partial charge on any atom is 0.142 e. The molecule has 2 aromatic rings. The summed E-state index contributed by atoms with van der Waals surface area (Å²) in [6.07, 6.45) is 0. The molecule has 0 bridgehead atoms. The minimum absolute atomic E-state index is 0.561. The summed E-state index contributed by atoms with van der Waals surface area (Å²) in [6, 6.07) is 10.2. The molecule has 0 aliphatic heterocycles. The van der Waals surface area contributed by atoms with Crippen LogP contribution in [0.5, 0.6) is 5.75 Å². The predicted molar refractivity (Wildman–Crippen MR) is 80.6 cm³/mol. The molecule has 2 heteroatoms. The van der Waals surface area contributed by atoms with Gasteiger partial charge in [0.05, 0.1) is 5.69 Å². The van der Waals surface area contributed by atoms with Crippen molar-refractivity contribution in [1.29, 1.82) is 0 Å². The zero-order chi connectivity index (χ0) is 14.0. The predicted octanol–water partition coefficient (Wildman–Crippen LogP) is 4.08. The summed E-state index contributed by atoms with van der Waals surface area (Å²) in [5.41, 5.74) is 12.8. The van der Waals surface area contributed by atoms with E-state index in [1.165, 1.54) is 22.3 Å². The summed E-state index contributed by atoms with van der Waals surface area (Å²) < 4.78 is 5.88. The van der Waals surface area contributed by atoms with Crippen LogP contribution in [-0.4, -0.2) is 0 Å². The van der Waals surface area contributed by atoms with Gasteiger partial charge in [0.2, 0.25) is 0 Å². The molecular weight excluding hydrogens is 234 g/mol. The number of ether oxygens (including phenoxy) is 1. The minimum atomic E-state index is 0.561. The van der Waals surface area contributed by atoms with Crippen LogP contribution < -0.4 is 10.5 Å². The lowest BCUT2D eigenvalue weighted by molar-refractivity contribution is 0.306. The van der Waals surface area contributed by atoms with Crippen molar-refractivity contribution in [2.45, 2.75) is 34.3 Å². The van der Waals surface area contributed by atoms with Crippen molar-refractivity contribution in [3.05, 3.63) is 58.1 Å². The summed E-state index contributed by atoms with van der Waals surface area (Å²) >= 11 is 0. The smallest absolute Gasteiger partial charge is 0.142 e. The molecule has 0 spiro atoms. The van der Waals surface area contributed by atoms with Crippen molar-refractivity contribution >= 4 is 5.69 Å². The molecule has 0 radical (unpaired) electrons. The second kappa shape index (κ2) is 5.35. The Kier molecular flexibility index (Phi) is 3.79. The van der Waals surface area contributed by atoms with Gasteiger partial charge in [0.15, 0.2) is 0 Å². The van der Waals surface area contributed by atoms with Crippen molar-refractivity contribution in [3.8, 4) is 5.75 Å². The highest BCUT2D eigenvalue weighted by Gasteiger charge is 2.06. The van der Waals surface area contributed by atoms with E-state index in [1.807, 2.05) is 25.1 Å². The molecular formula is C17H21NO. The number of anilines is 1. The van der Waals surface area contributed by atoms with Crippen molar-refractivity contribution in [2.24, 2.45) is 0 Å². The minimum Gasteiger partial charge on any atom is -0.487 e. The summed E-state index contributed by atoms with van der Waals surface area (Å²) in [5, 5.41) is 0. The van der Waals surface area contributed by atoms with E-state index in [0.29, 0.717) is 12.3 Å². The third kappa shape index (κ3) is 3.08. The van der Waals surface area contributed by atoms with Gasteiger partial charge in [-0.2, -0.15) is 0 Å². The lowest BCUT2D eigenvalue weighted by Crippen LogP contribution is -2.03. The quantitative estimate of drug-likeness (QED) is 0.839. The first-order chi connectivity index (χ1) is 8.97. The highest BCUT2D eigenvalue weighted by atomic mass is 16.5. The fraction of sp³-hybridized carbons (Fsp3) is 0.294. The van der Waals surface area contributed by atoms with Gasteiger partial charge in [0, 0.05) is 0 Å². The Hall–Kier alpha value is -1.96. The number of hydrogen-bond donors (Lipinski definition) is 1. The van der Waals surface area contributed by atoms with E-state index in [0.717, 1.165) is 11.3 Å². The van der Waals surface area contributed by atoms with Crippen molar-refractivity contribution in [3.63, 3.8) is 0 Å². The molecule has 2 N–H and O–H groups in total. The highest BCUT2D eigenvalue weighted by molar-refractivity contribution is 5.54. The van der Waals surface area contributed by atoms with E-state index in [4.69, 9.17) is 10.5 Å². The molecule has 0 saturated carbocycles. The number of aryl methyl sites for hydroxylation is 4. The van der Waals surface area contributed by atoms with Crippen LogP contribution in [0.1, 0.15) is 27.8 Å². The molecule has 19 heavy (non-hydrogen) atoms. The summed E-state index contributed by atoms with van der Waals surface area (Å²) in [4.78, 5) is 0.